The van der Waals surface area contributed by atoms with Crippen molar-refractivity contribution in [1.82, 2.24) is 14.8 Å². The molecule has 6 heteroatoms. The summed E-state index contributed by atoms with van der Waals surface area (Å²) < 4.78 is 0. The highest BCUT2D eigenvalue weighted by atomic mass is 16.2. The fourth-order valence-electron chi connectivity index (χ4n) is 4.42. The number of rotatable bonds is 10. The van der Waals surface area contributed by atoms with Crippen LogP contribution in [0.4, 0.5) is 0 Å². The molecule has 0 saturated carbocycles. The summed E-state index contributed by atoms with van der Waals surface area (Å²) in [6.45, 7) is 20.5. The molecule has 1 aliphatic rings. The number of aliphatic hydroxyl groups excluding tert-OH is 1. The molecular weight excluding hydrogens is 496 g/mol. The van der Waals surface area contributed by atoms with Crippen LogP contribution in [0.15, 0.2) is 48.7 Å². The standard InChI is InChI=1S/C29H42N4O.2C2H6.CH4O/c1-5-6-7-27(30)25-11-9-24(10-12-25)21-33(29(34)28-13-8-23(4)20-31-28)26-15-18-32(19-16-26)17-14-22(2)3;3*1-2/h7-13,20,22,26H,5-6,14-19,21,30H2,1-4H3;2*1-2H3;2H,1H3/b27-7+;;;. The molecule has 226 valence electrons. The first-order valence-electron chi connectivity index (χ1n) is 15.3. The van der Waals surface area contributed by atoms with Crippen molar-refractivity contribution in [3.05, 3.63) is 71.1 Å². The number of carbonyl (C=O) groups excluding carboxylic acids is 1. The third-order valence-electron chi connectivity index (χ3n) is 6.71. The lowest BCUT2D eigenvalue weighted by atomic mass is 10.00. The Bertz CT molecular complexity index is 931. The van der Waals surface area contributed by atoms with Crippen molar-refractivity contribution >= 4 is 11.6 Å². The molecule has 1 aromatic heterocycles. The van der Waals surface area contributed by atoms with Gasteiger partial charge in [0.25, 0.3) is 5.91 Å². The number of unbranched alkanes of at least 4 members (excludes halogenated alkanes) is 1. The van der Waals surface area contributed by atoms with Crippen LogP contribution in [-0.4, -0.2) is 58.6 Å². The maximum Gasteiger partial charge on any atom is 0.272 e. The average molecular weight is 555 g/mol. The van der Waals surface area contributed by atoms with Crippen LogP contribution < -0.4 is 5.73 Å². The summed E-state index contributed by atoms with van der Waals surface area (Å²) in [7, 11) is 1.00. The number of benzene rings is 1. The first kappa shape index (κ1) is 37.3. The molecule has 1 fully saturated rings. The number of likely N-dealkylation sites (tertiary alicyclic amines) is 1. The zero-order valence-corrected chi connectivity index (χ0v) is 26.9. The summed E-state index contributed by atoms with van der Waals surface area (Å²) >= 11 is 0. The Morgan fingerprint density at radius 2 is 1.68 bits per heavy atom. The van der Waals surface area contributed by atoms with Gasteiger partial charge in [-0.15, -0.1) is 0 Å². The minimum atomic E-state index is 0.0204. The summed E-state index contributed by atoms with van der Waals surface area (Å²) in [4.78, 5) is 22.6. The molecule has 0 spiro atoms. The van der Waals surface area contributed by atoms with Gasteiger partial charge >= 0.3 is 0 Å². The molecule has 2 heterocycles. The minimum Gasteiger partial charge on any atom is -0.400 e. The van der Waals surface area contributed by atoms with E-state index in [0.29, 0.717) is 12.2 Å². The van der Waals surface area contributed by atoms with Gasteiger partial charge in [-0.1, -0.05) is 91.3 Å². The monoisotopic (exact) mass is 554 g/mol. The molecule has 3 rings (SSSR count). The number of aliphatic hydroxyl groups is 1. The van der Waals surface area contributed by atoms with Gasteiger partial charge in [-0.25, -0.2) is 0 Å². The van der Waals surface area contributed by atoms with Crippen LogP contribution in [0.2, 0.25) is 0 Å². The van der Waals surface area contributed by atoms with Crippen molar-refractivity contribution in [3.63, 3.8) is 0 Å². The smallest absolute Gasteiger partial charge is 0.272 e. The topological polar surface area (TPSA) is 82.7 Å². The predicted molar refractivity (Wildman–Crippen MR) is 172 cm³/mol. The summed E-state index contributed by atoms with van der Waals surface area (Å²) in [5, 5.41) is 7.00. The predicted octanol–water partition coefficient (Wildman–Crippen LogP) is 7.30. The molecule has 6 nitrogen and oxygen atoms in total. The second-order valence-electron chi connectivity index (χ2n) is 10.1. The highest BCUT2D eigenvalue weighted by molar-refractivity contribution is 5.92. The highest BCUT2D eigenvalue weighted by Gasteiger charge is 2.29. The number of hydrogen-bond acceptors (Lipinski definition) is 5. The largest absolute Gasteiger partial charge is 0.400 e. The number of allylic oxidation sites excluding steroid dienone is 1. The van der Waals surface area contributed by atoms with Crippen LogP contribution in [-0.2, 0) is 6.54 Å². The Balaban J connectivity index is 0.00000237. The number of aryl methyl sites for hydroxylation is 1. The number of piperidine rings is 1. The van der Waals surface area contributed by atoms with Gasteiger partial charge in [0, 0.05) is 44.7 Å². The minimum absolute atomic E-state index is 0.0204. The van der Waals surface area contributed by atoms with Gasteiger partial charge in [0.2, 0.25) is 0 Å². The van der Waals surface area contributed by atoms with E-state index < -0.39 is 0 Å². The van der Waals surface area contributed by atoms with Crippen molar-refractivity contribution in [1.29, 1.82) is 0 Å². The number of hydrogen-bond donors (Lipinski definition) is 2. The third-order valence-corrected chi connectivity index (χ3v) is 6.71. The van der Waals surface area contributed by atoms with E-state index in [1.54, 1.807) is 6.20 Å². The fourth-order valence-corrected chi connectivity index (χ4v) is 4.42. The van der Waals surface area contributed by atoms with Gasteiger partial charge in [0.15, 0.2) is 0 Å². The van der Waals surface area contributed by atoms with Crippen molar-refractivity contribution < 1.29 is 9.90 Å². The lowest BCUT2D eigenvalue weighted by Crippen LogP contribution is -2.47. The average Bonchev–Trinajstić information content (AvgIpc) is 3.01. The number of carbonyl (C=O) groups is 1. The van der Waals surface area contributed by atoms with E-state index in [2.05, 4.69) is 61.0 Å². The molecule has 0 atom stereocenters. The summed E-state index contributed by atoms with van der Waals surface area (Å²) in [5.74, 6) is 0.740. The van der Waals surface area contributed by atoms with Gasteiger partial charge in [-0.05, 0) is 67.8 Å². The van der Waals surface area contributed by atoms with Gasteiger partial charge in [-0.2, -0.15) is 0 Å². The molecular formula is C34H58N4O2. The maximum absolute atomic E-state index is 13.6. The molecule has 1 saturated heterocycles. The SMILES string of the molecule is CC.CC.CCC/C=C(/N)c1ccc(CN(C(=O)c2ccc(C)cn2)C2CCN(CCC(C)C)CC2)cc1.CO. The summed E-state index contributed by atoms with van der Waals surface area (Å²) in [6, 6.07) is 12.4. The van der Waals surface area contributed by atoms with E-state index in [-0.39, 0.29) is 11.9 Å². The summed E-state index contributed by atoms with van der Waals surface area (Å²) in [5.41, 5.74) is 10.8. The molecule has 1 aromatic carbocycles. The molecule has 1 amide bonds. The number of nitrogens with two attached hydrogens (primary N) is 1. The Morgan fingerprint density at radius 3 is 2.17 bits per heavy atom. The Hall–Kier alpha value is -2.70. The summed E-state index contributed by atoms with van der Waals surface area (Å²) in [6.07, 6.45) is 9.15. The van der Waals surface area contributed by atoms with Crippen LogP contribution in [0.1, 0.15) is 108 Å². The number of nitrogens with zero attached hydrogens (tertiary/aromatic N) is 3. The van der Waals surface area contributed by atoms with E-state index in [9.17, 15) is 4.79 Å². The first-order chi connectivity index (χ1) is 19.4. The van der Waals surface area contributed by atoms with Crippen molar-refractivity contribution in [2.24, 2.45) is 11.7 Å². The molecule has 2 aromatic rings. The molecule has 40 heavy (non-hydrogen) atoms. The van der Waals surface area contributed by atoms with Crippen molar-refractivity contribution in [2.45, 2.75) is 100 Å². The normalized spacial score (nSPS) is 13.7. The van der Waals surface area contributed by atoms with E-state index >= 15 is 0 Å². The zero-order chi connectivity index (χ0) is 30.5. The molecule has 0 aliphatic carbocycles. The third kappa shape index (κ3) is 13.1. The zero-order valence-electron chi connectivity index (χ0n) is 26.9. The van der Waals surface area contributed by atoms with Crippen LogP contribution in [0.3, 0.4) is 0 Å². The molecule has 0 bridgehead atoms. The van der Waals surface area contributed by atoms with E-state index in [1.807, 2.05) is 51.7 Å². The fraction of sp³-hybridized carbons (Fsp3) is 0.588. The first-order valence-corrected chi connectivity index (χ1v) is 15.3. The number of pyridine rings is 1. The van der Waals surface area contributed by atoms with Crippen LogP contribution in [0, 0.1) is 12.8 Å². The van der Waals surface area contributed by atoms with Crippen LogP contribution >= 0.6 is 0 Å². The van der Waals surface area contributed by atoms with Crippen molar-refractivity contribution in [2.75, 3.05) is 26.7 Å². The molecule has 0 unspecified atom stereocenters. The molecule has 0 radical (unpaired) electrons. The van der Waals surface area contributed by atoms with Gasteiger partial charge in [0.1, 0.15) is 5.69 Å². The van der Waals surface area contributed by atoms with E-state index in [0.717, 1.165) is 80.7 Å². The van der Waals surface area contributed by atoms with Crippen molar-refractivity contribution in [3.8, 4) is 0 Å². The maximum atomic E-state index is 13.6. The van der Waals surface area contributed by atoms with Gasteiger partial charge in [-0.3, -0.25) is 9.78 Å². The highest BCUT2D eigenvalue weighted by Crippen LogP contribution is 2.23. The second-order valence-corrected chi connectivity index (χ2v) is 10.1. The quantitative estimate of drug-likeness (QED) is 0.322. The van der Waals surface area contributed by atoms with Crippen LogP contribution in [0.5, 0.6) is 0 Å². The number of aromatic nitrogens is 1. The molecule has 1 aliphatic heterocycles. The van der Waals surface area contributed by atoms with E-state index in [1.165, 1.54) is 6.42 Å². The van der Waals surface area contributed by atoms with Crippen LogP contribution in [0.25, 0.3) is 5.70 Å². The van der Waals surface area contributed by atoms with Gasteiger partial charge < -0.3 is 20.6 Å². The lowest BCUT2D eigenvalue weighted by molar-refractivity contribution is 0.0540. The van der Waals surface area contributed by atoms with E-state index in [4.69, 9.17) is 10.8 Å². The second kappa shape index (κ2) is 22.0. The Morgan fingerprint density at radius 1 is 1.07 bits per heavy atom. The molecule has 3 N–H and O–H groups in total. The Kier molecular flexibility index (Phi) is 20.6. The van der Waals surface area contributed by atoms with Gasteiger partial charge in [0.05, 0.1) is 0 Å². The Labute approximate surface area is 245 Å². The number of amides is 1. The lowest BCUT2D eigenvalue weighted by Gasteiger charge is -2.38.